The molecular weight excluding hydrogens is 488 g/mol. The van der Waals surface area contributed by atoms with Crippen LogP contribution in [0, 0.1) is 12.3 Å². The van der Waals surface area contributed by atoms with Crippen molar-refractivity contribution in [2.75, 3.05) is 32.7 Å². The van der Waals surface area contributed by atoms with Gasteiger partial charge in [0.1, 0.15) is 0 Å². The van der Waals surface area contributed by atoms with Crippen LogP contribution in [-0.2, 0) is 14.8 Å². The Balaban J connectivity index is 1.16. The summed E-state index contributed by atoms with van der Waals surface area (Å²) in [7, 11) is -3.74. The van der Waals surface area contributed by atoms with Gasteiger partial charge in [-0.1, -0.05) is 29.8 Å². The Morgan fingerprint density at radius 2 is 1.49 bits per heavy atom. The van der Waals surface area contributed by atoms with Crippen molar-refractivity contribution in [1.82, 2.24) is 19.1 Å². The van der Waals surface area contributed by atoms with Gasteiger partial charge >= 0.3 is 0 Å². The van der Waals surface area contributed by atoms with Crippen molar-refractivity contribution in [2.45, 2.75) is 31.1 Å². The van der Waals surface area contributed by atoms with Gasteiger partial charge in [-0.3, -0.25) is 9.59 Å². The molecule has 0 bridgehead atoms. The first-order valence-corrected chi connectivity index (χ1v) is 14.1. The highest BCUT2D eigenvalue weighted by Crippen LogP contribution is 2.40. The summed E-state index contributed by atoms with van der Waals surface area (Å²) < 4.78 is 29.5. The molecule has 8 nitrogen and oxygen atoms in total. The minimum atomic E-state index is -3.74. The van der Waals surface area contributed by atoms with Gasteiger partial charge in [0.05, 0.1) is 22.7 Å². The number of sulfonamides is 1. The number of carbonyl (C=O) groups excluding carboxylic acids is 2. The molecule has 9 heteroatoms. The summed E-state index contributed by atoms with van der Waals surface area (Å²) in [5.41, 5.74) is 2.49. The first-order valence-electron chi connectivity index (χ1n) is 12.6. The van der Waals surface area contributed by atoms with E-state index >= 15 is 0 Å². The molecular formula is C28H32N4O4S. The zero-order valence-corrected chi connectivity index (χ0v) is 21.8. The van der Waals surface area contributed by atoms with E-state index in [1.807, 2.05) is 65.2 Å². The number of nitrogens with one attached hydrogen (secondary N) is 1. The van der Waals surface area contributed by atoms with Crippen molar-refractivity contribution < 1.29 is 18.0 Å². The highest BCUT2D eigenvalue weighted by atomic mass is 32.2. The monoisotopic (exact) mass is 520 g/mol. The van der Waals surface area contributed by atoms with Gasteiger partial charge in [-0.15, -0.1) is 0 Å². The van der Waals surface area contributed by atoms with E-state index in [4.69, 9.17) is 0 Å². The number of hydrogen-bond donors (Lipinski definition) is 1. The second kappa shape index (κ2) is 10.1. The van der Waals surface area contributed by atoms with E-state index < -0.39 is 10.0 Å². The summed E-state index contributed by atoms with van der Waals surface area (Å²) in [5.74, 6) is -0.192. The molecule has 2 aromatic carbocycles. The van der Waals surface area contributed by atoms with Crippen molar-refractivity contribution in [3.8, 4) is 5.69 Å². The van der Waals surface area contributed by atoms with Gasteiger partial charge in [-0.2, -0.15) is 0 Å². The molecule has 2 aliphatic heterocycles. The number of rotatable bonds is 6. The molecule has 5 rings (SSSR count). The number of amides is 2. The average molecular weight is 521 g/mol. The lowest BCUT2D eigenvalue weighted by atomic mass is 9.77. The molecule has 1 aromatic heterocycles. The van der Waals surface area contributed by atoms with Gasteiger partial charge in [0.2, 0.25) is 15.9 Å². The smallest absolute Gasteiger partial charge is 0.255 e. The number of carbonyl (C=O) groups is 2. The Morgan fingerprint density at radius 3 is 2.16 bits per heavy atom. The molecule has 194 valence electrons. The van der Waals surface area contributed by atoms with Gasteiger partial charge in [-0.25, -0.2) is 13.1 Å². The standard InChI is InChI=1S/C28H32N4O4S/c1-22-8-10-23(11-9-22)37(35,36)29-20-26(33)32-19-14-28(21-32)12-17-31(18-13-28)27(34)24-6-2-3-7-25(24)30-15-4-5-16-30/h2-11,15-16,29H,12-14,17-21H2,1H3. The van der Waals surface area contributed by atoms with Crippen molar-refractivity contribution in [3.63, 3.8) is 0 Å². The molecule has 0 saturated carbocycles. The van der Waals surface area contributed by atoms with Crippen LogP contribution in [0.5, 0.6) is 0 Å². The molecule has 2 aliphatic rings. The Hall–Kier alpha value is -3.43. The Kier molecular flexibility index (Phi) is 6.92. The molecule has 3 aromatic rings. The molecule has 0 atom stereocenters. The largest absolute Gasteiger partial charge is 0.341 e. The molecule has 37 heavy (non-hydrogen) atoms. The SMILES string of the molecule is Cc1ccc(S(=O)(=O)NCC(=O)N2CCC3(CCN(C(=O)c4ccccc4-n4cccc4)CC3)C2)cc1. The van der Waals surface area contributed by atoms with Crippen LogP contribution in [0.1, 0.15) is 35.2 Å². The Morgan fingerprint density at radius 1 is 0.865 bits per heavy atom. The van der Waals surface area contributed by atoms with E-state index in [2.05, 4.69) is 4.72 Å². The van der Waals surface area contributed by atoms with Gasteiger partial charge in [0, 0.05) is 38.6 Å². The summed E-state index contributed by atoms with van der Waals surface area (Å²) >= 11 is 0. The Labute approximate surface area is 217 Å². The van der Waals surface area contributed by atoms with Crippen LogP contribution in [0.15, 0.2) is 78.0 Å². The lowest BCUT2D eigenvalue weighted by Gasteiger charge is -2.39. The van der Waals surface area contributed by atoms with Crippen molar-refractivity contribution in [3.05, 3.63) is 84.2 Å². The predicted molar refractivity (Wildman–Crippen MR) is 141 cm³/mol. The minimum absolute atomic E-state index is 0.0237. The maximum atomic E-state index is 13.4. The molecule has 1 N–H and O–H groups in total. The number of hydrogen-bond acceptors (Lipinski definition) is 4. The second-order valence-electron chi connectivity index (χ2n) is 10.1. The second-order valence-corrected chi connectivity index (χ2v) is 11.9. The number of piperidine rings is 1. The average Bonchev–Trinajstić information content (AvgIpc) is 3.59. The molecule has 2 amide bonds. The van der Waals surface area contributed by atoms with E-state index in [0.717, 1.165) is 30.5 Å². The summed E-state index contributed by atoms with van der Waals surface area (Å²) in [6.45, 7) is 4.12. The number of benzene rings is 2. The maximum absolute atomic E-state index is 13.4. The maximum Gasteiger partial charge on any atom is 0.255 e. The van der Waals surface area contributed by atoms with E-state index in [-0.39, 0.29) is 28.7 Å². The topological polar surface area (TPSA) is 91.7 Å². The lowest BCUT2D eigenvalue weighted by Crippen LogP contribution is -2.45. The third-order valence-electron chi connectivity index (χ3n) is 7.66. The summed E-state index contributed by atoms with van der Waals surface area (Å²) in [5, 5.41) is 0. The van der Waals surface area contributed by atoms with Gasteiger partial charge < -0.3 is 14.4 Å². The van der Waals surface area contributed by atoms with Gasteiger partial charge in [0.25, 0.3) is 5.91 Å². The van der Waals surface area contributed by atoms with Crippen LogP contribution in [0.25, 0.3) is 5.69 Å². The van der Waals surface area contributed by atoms with Gasteiger partial charge in [-0.05, 0) is 68.0 Å². The molecule has 2 saturated heterocycles. The van der Waals surface area contributed by atoms with Crippen LogP contribution >= 0.6 is 0 Å². The first kappa shape index (κ1) is 25.2. The Bertz CT molecular complexity index is 1380. The highest BCUT2D eigenvalue weighted by Gasteiger charge is 2.43. The number of aryl methyl sites for hydroxylation is 1. The zero-order valence-electron chi connectivity index (χ0n) is 21.0. The van der Waals surface area contributed by atoms with E-state index in [1.54, 1.807) is 29.2 Å². The van der Waals surface area contributed by atoms with E-state index in [1.165, 1.54) is 0 Å². The van der Waals surface area contributed by atoms with Gasteiger partial charge in [0.15, 0.2) is 0 Å². The quantitative estimate of drug-likeness (QED) is 0.540. The third kappa shape index (κ3) is 5.33. The van der Waals surface area contributed by atoms with Crippen LogP contribution in [0.4, 0.5) is 0 Å². The summed E-state index contributed by atoms with van der Waals surface area (Å²) in [4.78, 5) is 30.1. The van der Waals surface area contributed by atoms with Crippen LogP contribution < -0.4 is 4.72 Å². The molecule has 0 radical (unpaired) electrons. The number of nitrogens with zero attached hydrogens (tertiary/aromatic N) is 3. The molecule has 3 heterocycles. The minimum Gasteiger partial charge on any atom is -0.341 e. The molecule has 0 aliphatic carbocycles. The van der Waals surface area contributed by atoms with E-state index in [9.17, 15) is 18.0 Å². The van der Waals surface area contributed by atoms with Crippen molar-refractivity contribution in [1.29, 1.82) is 0 Å². The molecule has 2 fully saturated rings. The fourth-order valence-corrected chi connectivity index (χ4v) is 6.33. The number of aromatic nitrogens is 1. The third-order valence-corrected chi connectivity index (χ3v) is 9.08. The van der Waals surface area contributed by atoms with Crippen LogP contribution in [0.2, 0.25) is 0 Å². The first-order chi connectivity index (χ1) is 17.8. The van der Waals surface area contributed by atoms with Crippen molar-refractivity contribution in [2.24, 2.45) is 5.41 Å². The fraction of sp³-hybridized carbons (Fsp3) is 0.357. The molecule has 1 spiro atoms. The van der Waals surface area contributed by atoms with Crippen LogP contribution in [0.3, 0.4) is 0 Å². The number of likely N-dealkylation sites (tertiary alicyclic amines) is 2. The fourth-order valence-electron chi connectivity index (χ4n) is 5.35. The zero-order chi connectivity index (χ0) is 26.0. The van der Waals surface area contributed by atoms with Crippen molar-refractivity contribution >= 4 is 21.8 Å². The predicted octanol–water partition coefficient (Wildman–Crippen LogP) is 3.22. The normalized spacial score (nSPS) is 17.3. The van der Waals surface area contributed by atoms with E-state index in [0.29, 0.717) is 31.7 Å². The number of para-hydroxylation sites is 1. The summed E-state index contributed by atoms with van der Waals surface area (Å²) in [6.07, 6.45) is 6.38. The summed E-state index contributed by atoms with van der Waals surface area (Å²) in [6, 6.07) is 18.1. The van der Waals surface area contributed by atoms with Crippen LogP contribution in [-0.4, -0.2) is 67.3 Å². The molecule has 0 unspecified atom stereocenters. The lowest BCUT2D eigenvalue weighted by molar-refractivity contribution is -0.129. The highest BCUT2D eigenvalue weighted by molar-refractivity contribution is 7.89.